The van der Waals surface area contributed by atoms with E-state index in [-0.39, 0.29) is 70.2 Å². The van der Waals surface area contributed by atoms with Gasteiger partial charge in [0, 0.05) is 0 Å². The third kappa shape index (κ3) is 29.1. The summed E-state index contributed by atoms with van der Waals surface area (Å²) in [5.41, 5.74) is -0.780. The third-order valence-electron chi connectivity index (χ3n) is 9.46. The van der Waals surface area contributed by atoms with E-state index in [0.717, 1.165) is 44.6 Å². The first-order valence-electron chi connectivity index (χ1n) is 21.1. The molecule has 0 bridgehead atoms. The maximum absolute atomic E-state index is 13.0. The van der Waals surface area contributed by atoms with Crippen LogP contribution < -0.4 is 51.4 Å². The van der Waals surface area contributed by atoms with Crippen LogP contribution in [0.15, 0.2) is 47.4 Å². The van der Waals surface area contributed by atoms with Crippen LogP contribution in [0.4, 0.5) is 0 Å². The topological polar surface area (TPSA) is 110 Å². The molecule has 1 rings (SSSR count). The average Bonchev–Trinajstić information content (AvgIpc) is 3.13. The van der Waals surface area contributed by atoms with Crippen molar-refractivity contribution in [3.05, 3.63) is 53.6 Å². The van der Waals surface area contributed by atoms with Gasteiger partial charge in [0.15, 0.2) is 0 Å². The van der Waals surface area contributed by atoms with E-state index in [1.807, 2.05) is 0 Å². The Morgan fingerprint density at radius 1 is 0.528 bits per heavy atom. The minimum atomic E-state index is -5.01. The fourth-order valence-electron chi connectivity index (χ4n) is 6.31. The molecule has 0 saturated carbocycles. The SMILES string of the molecule is CCC/C=C/CCCCCCCCCCCCCOC(=O)c1cccc(S(=O)(=O)[O-])c1C(=O)OCCCCCCCCCCCCC/C=C/CCC.[K+]. The van der Waals surface area contributed by atoms with Crippen molar-refractivity contribution in [1.82, 2.24) is 0 Å². The third-order valence-corrected chi connectivity index (χ3v) is 10.3. The minimum absolute atomic E-state index is 0. The number of rotatable bonds is 35. The van der Waals surface area contributed by atoms with Crippen LogP contribution in [0.5, 0.6) is 0 Å². The molecule has 0 aliphatic heterocycles. The zero-order chi connectivity index (χ0) is 38.0. The van der Waals surface area contributed by atoms with Gasteiger partial charge < -0.3 is 14.0 Å². The van der Waals surface area contributed by atoms with Gasteiger partial charge in [-0.1, -0.05) is 173 Å². The van der Waals surface area contributed by atoms with Crippen molar-refractivity contribution in [2.75, 3.05) is 13.2 Å². The predicted octanol–water partition coefficient (Wildman–Crippen LogP) is 9.98. The minimum Gasteiger partial charge on any atom is -0.744 e. The molecular weight excluding hydrogens is 712 g/mol. The van der Waals surface area contributed by atoms with Gasteiger partial charge in [0.2, 0.25) is 0 Å². The van der Waals surface area contributed by atoms with Crippen LogP contribution in [-0.4, -0.2) is 38.1 Å². The number of carbonyl (C=O) groups excluding carboxylic acids is 2. The second-order valence-corrected chi connectivity index (χ2v) is 15.6. The molecule has 0 aliphatic carbocycles. The largest absolute Gasteiger partial charge is 1.00 e. The second kappa shape index (κ2) is 36.8. The summed E-state index contributed by atoms with van der Waals surface area (Å²) in [6.45, 7) is 4.66. The van der Waals surface area contributed by atoms with Gasteiger partial charge in [0.05, 0.1) is 29.2 Å². The Kier molecular flexibility index (Phi) is 36.2. The van der Waals surface area contributed by atoms with Gasteiger partial charge in [0.25, 0.3) is 0 Å². The number of hydrogen-bond donors (Lipinski definition) is 0. The molecule has 0 amide bonds. The molecule has 0 saturated heterocycles. The van der Waals surface area contributed by atoms with Gasteiger partial charge in [-0.15, -0.1) is 0 Å². The molecule has 53 heavy (non-hydrogen) atoms. The van der Waals surface area contributed by atoms with Crippen molar-refractivity contribution in [3.8, 4) is 0 Å². The maximum Gasteiger partial charge on any atom is 1.00 e. The predicted molar refractivity (Wildman–Crippen MR) is 214 cm³/mol. The second-order valence-electron chi connectivity index (χ2n) is 14.3. The quantitative estimate of drug-likeness (QED) is 0.0222. The van der Waals surface area contributed by atoms with Crippen LogP contribution in [0.1, 0.15) is 214 Å². The maximum atomic E-state index is 13.0. The first-order valence-corrected chi connectivity index (χ1v) is 22.5. The Bertz CT molecular complexity index is 1210. The van der Waals surface area contributed by atoms with Crippen molar-refractivity contribution < 1.29 is 83.4 Å². The monoisotopic (exact) mass is 784 g/mol. The summed E-state index contributed by atoms with van der Waals surface area (Å²) in [4.78, 5) is 25.1. The molecule has 0 aliphatic rings. The van der Waals surface area contributed by atoms with Crippen molar-refractivity contribution in [1.29, 1.82) is 0 Å². The van der Waals surface area contributed by atoms with Crippen LogP contribution >= 0.6 is 0 Å². The average molecular weight is 785 g/mol. The van der Waals surface area contributed by atoms with Crippen molar-refractivity contribution in [3.63, 3.8) is 0 Å². The first kappa shape index (κ1) is 52.2. The molecule has 0 radical (unpaired) electrons. The van der Waals surface area contributed by atoms with Gasteiger partial charge in [-0.2, -0.15) is 0 Å². The number of esters is 2. The van der Waals surface area contributed by atoms with E-state index in [2.05, 4.69) is 38.2 Å². The van der Waals surface area contributed by atoms with Gasteiger partial charge in [-0.05, 0) is 63.5 Å². The molecule has 7 nitrogen and oxygen atoms in total. The molecule has 0 unspecified atom stereocenters. The number of ether oxygens (including phenoxy) is 2. The molecule has 0 aromatic heterocycles. The van der Waals surface area contributed by atoms with Crippen molar-refractivity contribution >= 4 is 22.1 Å². The van der Waals surface area contributed by atoms with E-state index in [9.17, 15) is 22.6 Å². The van der Waals surface area contributed by atoms with Gasteiger partial charge >= 0.3 is 63.3 Å². The molecule has 1 aromatic rings. The Labute approximate surface area is 367 Å². The molecule has 298 valence electrons. The Hall–Kier alpha value is -0.814. The molecule has 0 spiro atoms. The van der Waals surface area contributed by atoms with Gasteiger partial charge in [-0.3, -0.25) is 0 Å². The summed E-state index contributed by atoms with van der Waals surface area (Å²) in [5.74, 6) is -1.81. The summed E-state index contributed by atoms with van der Waals surface area (Å²) in [6.07, 6.45) is 41.8. The van der Waals surface area contributed by atoms with E-state index in [1.54, 1.807) is 0 Å². The normalized spacial score (nSPS) is 11.7. The van der Waals surface area contributed by atoms with E-state index in [1.165, 1.54) is 141 Å². The van der Waals surface area contributed by atoms with E-state index < -0.39 is 32.5 Å². The number of hydrogen-bond acceptors (Lipinski definition) is 7. The fraction of sp³-hybridized carbons (Fsp3) is 0.727. The van der Waals surface area contributed by atoms with Crippen molar-refractivity contribution in [2.45, 2.75) is 199 Å². The van der Waals surface area contributed by atoms with Gasteiger partial charge in [-0.25, -0.2) is 18.0 Å². The zero-order valence-electron chi connectivity index (χ0n) is 34.0. The smallest absolute Gasteiger partial charge is 0.744 e. The molecule has 0 atom stereocenters. The molecular formula is C44H73KO7S. The van der Waals surface area contributed by atoms with Crippen LogP contribution in [-0.2, 0) is 19.6 Å². The van der Waals surface area contributed by atoms with E-state index in [0.29, 0.717) is 12.8 Å². The Morgan fingerprint density at radius 2 is 0.868 bits per heavy atom. The zero-order valence-corrected chi connectivity index (χ0v) is 38.0. The Balaban J connectivity index is 0.0000270. The van der Waals surface area contributed by atoms with Gasteiger partial charge in [0.1, 0.15) is 10.1 Å². The Morgan fingerprint density at radius 3 is 1.25 bits per heavy atom. The summed E-state index contributed by atoms with van der Waals surface area (Å²) < 4.78 is 46.7. The van der Waals surface area contributed by atoms with Crippen LogP contribution in [0.2, 0.25) is 0 Å². The summed E-state index contributed by atoms with van der Waals surface area (Å²) in [7, 11) is -5.01. The standard InChI is InChI=1S/C44H74O7S.K/c1-3-5-7-9-11-13-15-17-19-21-23-25-27-29-31-33-38-50-43(45)40-36-35-37-41(52(47,48)49)42(40)44(46)51-39-34-32-30-28-26-24-22-20-18-16-14-12-10-8-6-4-2;/h7-10,35-37H,3-6,11-34,38-39H2,1-2H3,(H,47,48,49);/q;+1/p-1/b9-7+,10-8+;. The molecule has 9 heteroatoms. The number of carbonyl (C=O) groups is 2. The summed E-state index contributed by atoms with van der Waals surface area (Å²) in [6, 6.07) is 3.62. The molecule has 1 aromatic carbocycles. The van der Waals surface area contributed by atoms with Crippen LogP contribution in [0, 0.1) is 0 Å². The van der Waals surface area contributed by atoms with Crippen LogP contribution in [0.3, 0.4) is 0 Å². The molecule has 0 fully saturated rings. The summed E-state index contributed by atoms with van der Waals surface area (Å²) in [5, 5.41) is 0. The number of benzene rings is 1. The van der Waals surface area contributed by atoms with E-state index >= 15 is 0 Å². The molecule has 0 N–H and O–H groups in total. The molecule has 0 heterocycles. The fourth-order valence-corrected chi connectivity index (χ4v) is 7.00. The summed E-state index contributed by atoms with van der Waals surface area (Å²) >= 11 is 0. The number of unbranched alkanes of at least 4 members (excludes halogenated alkanes) is 24. The first-order chi connectivity index (χ1) is 25.3. The number of allylic oxidation sites excluding steroid dienone is 4. The van der Waals surface area contributed by atoms with E-state index in [4.69, 9.17) is 9.47 Å². The van der Waals surface area contributed by atoms with Crippen molar-refractivity contribution in [2.24, 2.45) is 0 Å². The van der Waals surface area contributed by atoms with Crippen LogP contribution in [0.25, 0.3) is 0 Å².